The molecule has 3 fully saturated rings. The van der Waals surface area contributed by atoms with Crippen LogP contribution in [0.1, 0.15) is 348 Å². The lowest BCUT2D eigenvalue weighted by Crippen LogP contribution is -2.66. The lowest BCUT2D eigenvalue weighted by atomic mass is 9.96. The zero-order chi connectivity index (χ0) is 70.4. The Bertz CT molecular complexity index is 1800. The van der Waals surface area contributed by atoms with Crippen molar-refractivity contribution in [3.8, 4) is 0 Å². The molecule has 0 aromatic rings. The van der Waals surface area contributed by atoms with Gasteiger partial charge in [-0.15, -0.1) is 0 Å². The highest BCUT2D eigenvalue weighted by molar-refractivity contribution is 5.76. The Kier molecular flexibility index (Phi) is 55.4. The largest absolute Gasteiger partial charge is 0.394 e. The van der Waals surface area contributed by atoms with Crippen molar-refractivity contribution in [1.82, 2.24) is 5.32 Å². The Balaban J connectivity index is 1.36. The number of hydrogen-bond donors (Lipinski definition) is 12. The molecular formula is C78H149NO18. The van der Waals surface area contributed by atoms with E-state index in [0.29, 0.717) is 12.8 Å². The number of nitrogens with one attached hydrogen (secondary N) is 1. The average Bonchev–Trinajstić information content (AvgIpc) is 0.789. The van der Waals surface area contributed by atoms with Crippen LogP contribution < -0.4 is 5.32 Å². The van der Waals surface area contributed by atoms with Crippen LogP contribution in [0.3, 0.4) is 0 Å². The quantitative estimate of drug-likeness (QED) is 0.0199. The number of carbonyl (C=O) groups is 1. The summed E-state index contributed by atoms with van der Waals surface area (Å²) in [5.74, 6) is -0.238. The molecule has 0 bridgehead atoms. The number of ether oxygens (including phenoxy) is 6. The normalized spacial score (nSPS) is 26.9. The maximum atomic E-state index is 13.5. The Morgan fingerprint density at radius 1 is 0.361 bits per heavy atom. The lowest BCUT2D eigenvalue weighted by Gasteiger charge is -2.48. The summed E-state index contributed by atoms with van der Waals surface area (Å²) in [6, 6.07) is -0.887. The maximum Gasteiger partial charge on any atom is 0.220 e. The first-order valence-electron chi connectivity index (χ1n) is 40.4. The minimum atomic E-state index is -1.97. The van der Waals surface area contributed by atoms with Gasteiger partial charge >= 0.3 is 0 Å². The topological polar surface area (TPSA) is 307 Å². The van der Waals surface area contributed by atoms with Crippen LogP contribution in [0.2, 0.25) is 0 Å². The average molecular weight is 1390 g/mol. The Morgan fingerprint density at radius 3 is 1.00 bits per heavy atom. The first-order chi connectivity index (χ1) is 47.3. The molecule has 0 aliphatic carbocycles. The van der Waals surface area contributed by atoms with E-state index >= 15 is 0 Å². The van der Waals surface area contributed by atoms with Crippen LogP contribution in [0.25, 0.3) is 0 Å². The van der Waals surface area contributed by atoms with Crippen LogP contribution in [0.5, 0.6) is 0 Å². The third-order valence-electron chi connectivity index (χ3n) is 20.6. The van der Waals surface area contributed by atoms with Gasteiger partial charge in [0.2, 0.25) is 5.91 Å². The summed E-state index contributed by atoms with van der Waals surface area (Å²) in [4.78, 5) is 13.5. The Morgan fingerprint density at radius 2 is 0.649 bits per heavy atom. The molecule has 3 rings (SSSR count). The van der Waals surface area contributed by atoms with Crippen LogP contribution in [0, 0.1) is 0 Å². The predicted octanol–water partition coefficient (Wildman–Crippen LogP) is 13.2. The molecular weight excluding hydrogens is 1240 g/mol. The summed E-state index contributed by atoms with van der Waals surface area (Å²) in [5, 5.41) is 121. The SMILES string of the molecule is CCCCCCCCCC/C=C\CCCCCCCCCCCC(=O)NC(COC1OC(CO)C(OC2OC(CO)C(OC3OC(CO)C(O)C(O)C3O)C(O)C2O)C(O)C1O)C(O)CCCCCCCCCCCCCCCCCCCCCCCCCCCCCCCCC. The van der Waals surface area contributed by atoms with E-state index in [4.69, 9.17) is 28.4 Å². The molecule has 3 saturated heterocycles. The third kappa shape index (κ3) is 40.4. The molecule has 3 heterocycles. The zero-order valence-corrected chi connectivity index (χ0v) is 61.3. The first kappa shape index (κ1) is 89.7. The Hall–Kier alpha value is -1.47. The van der Waals surface area contributed by atoms with Crippen LogP contribution in [0.15, 0.2) is 12.2 Å². The number of aliphatic hydroxyl groups is 11. The van der Waals surface area contributed by atoms with E-state index in [1.165, 1.54) is 263 Å². The summed E-state index contributed by atoms with van der Waals surface area (Å²) in [6.07, 6.45) is 43.0. The maximum absolute atomic E-state index is 13.5. The molecule has 19 nitrogen and oxygen atoms in total. The molecule has 0 saturated carbocycles. The summed E-state index contributed by atoms with van der Waals surface area (Å²) >= 11 is 0. The van der Waals surface area contributed by atoms with Crippen molar-refractivity contribution in [2.45, 2.75) is 452 Å². The molecule has 0 spiro atoms. The van der Waals surface area contributed by atoms with Gasteiger partial charge < -0.3 is 89.9 Å². The highest BCUT2D eigenvalue weighted by atomic mass is 16.8. The van der Waals surface area contributed by atoms with Gasteiger partial charge in [0.1, 0.15) is 73.2 Å². The van der Waals surface area contributed by atoms with Gasteiger partial charge in [-0.05, 0) is 38.5 Å². The number of amides is 1. The van der Waals surface area contributed by atoms with Crippen molar-refractivity contribution < 1.29 is 89.4 Å². The smallest absolute Gasteiger partial charge is 0.220 e. The van der Waals surface area contributed by atoms with Crippen molar-refractivity contribution in [3.05, 3.63) is 12.2 Å². The lowest BCUT2D eigenvalue weighted by molar-refractivity contribution is -0.379. The number of rotatable bonds is 65. The predicted molar refractivity (Wildman–Crippen MR) is 383 cm³/mol. The minimum Gasteiger partial charge on any atom is -0.394 e. The van der Waals surface area contributed by atoms with Crippen molar-refractivity contribution >= 4 is 5.91 Å². The summed E-state index contributed by atoms with van der Waals surface area (Å²) < 4.78 is 34.5. The third-order valence-corrected chi connectivity index (χ3v) is 20.6. The van der Waals surface area contributed by atoms with Crippen molar-refractivity contribution in [2.24, 2.45) is 0 Å². The molecule has 0 aromatic carbocycles. The molecule has 0 radical (unpaired) electrons. The van der Waals surface area contributed by atoms with Crippen LogP contribution in [0.4, 0.5) is 0 Å². The van der Waals surface area contributed by atoms with Gasteiger partial charge in [0.05, 0.1) is 38.6 Å². The van der Waals surface area contributed by atoms with E-state index in [9.17, 15) is 61.0 Å². The number of allylic oxidation sites excluding steroid dienone is 2. The summed E-state index contributed by atoms with van der Waals surface area (Å²) in [5.41, 5.74) is 0. The second-order valence-corrected chi connectivity index (χ2v) is 29.2. The van der Waals surface area contributed by atoms with Crippen molar-refractivity contribution in [3.63, 3.8) is 0 Å². The monoisotopic (exact) mass is 1390 g/mol. The highest BCUT2D eigenvalue weighted by Crippen LogP contribution is 2.33. The van der Waals surface area contributed by atoms with E-state index in [1.807, 2.05) is 0 Å². The fourth-order valence-corrected chi connectivity index (χ4v) is 14.1. The number of hydrogen-bond acceptors (Lipinski definition) is 18. The molecule has 19 heteroatoms. The molecule has 17 atom stereocenters. The summed E-state index contributed by atoms with van der Waals surface area (Å²) in [6.45, 7) is 1.86. The molecule has 0 aromatic heterocycles. The van der Waals surface area contributed by atoms with Gasteiger partial charge in [-0.1, -0.05) is 315 Å². The number of aliphatic hydroxyl groups excluding tert-OH is 11. The number of carbonyl (C=O) groups excluding carboxylic acids is 1. The minimum absolute atomic E-state index is 0.238. The second-order valence-electron chi connectivity index (χ2n) is 29.2. The fraction of sp³-hybridized carbons (Fsp3) is 0.962. The molecule has 1 amide bonds. The van der Waals surface area contributed by atoms with Gasteiger partial charge in [0, 0.05) is 6.42 Å². The molecule has 3 aliphatic heterocycles. The van der Waals surface area contributed by atoms with Gasteiger partial charge in [0.25, 0.3) is 0 Å². The standard InChI is InChI=1S/C78H149NO18/c1-3-5-7-9-11-13-15-17-19-21-23-25-26-27-28-29-30-31-32-33-34-36-37-39-41-43-45-47-49-51-53-55-62(83)61(79-66(84)56-54-52-50-48-46-44-42-40-38-35-24-22-20-18-16-14-12-10-8-6-4-2)60-92-76-72(90)69(87)74(64(58-81)94-76)97-78-73(91)70(88)75(65(59-82)95-78)96-77-71(89)68(86)67(85)63(57-80)93-77/h22,24,61-65,67-78,80-83,85-91H,3-21,23,25-60H2,1-2H3,(H,79,84)/b24-22-. The van der Waals surface area contributed by atoms with Crippen LogP contribution in [-0.4, -0.2) is 193 Å². The van der Waals surface area contributed by atoms with Crippen LogP contribution >= 0.6 is 0 Å². The van der Waals surface area contributed by atoms with Crippen molar-refractivity contribution in [2.75, 3.05) is 26.4 Å². The van der Waals surface area contributed by atoms with E-state index in [-0.39, 0.29) is 18.9 Å². The van der Waals surface area contributed by atoms with E-state index < -0.39 is 124 Å². The zero-order valence-electron chi connectivity index (χ0n) is 61.3. The summed E-state index contributed by atoms with van der Waals surface area (Å²) in [7, 11) is 0. The Labute approximate surface area is 588 Å². The first-order valence-corrected chi connectivity index (χ1v) is 40.4. The van der Waals surface area contributed by atoms with Gasteiger partial charge in [-0.2, -0.15) is 0 Å². The number of unbranched alkanes of at least 4 members (excludes halogenated alkanes) is 47. The van der Waals surface area contributed by atoms with Crippen molar-refractivity contribution in [1.29, 1.82) is 0 Å². The van der Waals surface area contributed by atoms with Gasteiger partial charge in [0.15, 0.2) is 18.9 Å². The fourth-order valence-electron chi connectivity index (χ4n) is 14.1. The van der Waals surface area contributed by atoms with E-state index in [2.05, 4.69) is 31.3 Å². The second kappa shape index (κ2) is 59.9. The molecule has 17 unspecified atom stereocenters. The van der Waals surface area contributed by atoms with E-state index in [1.54, 1.807) is 0 Å². The van der Waals surface area contributed by atoms with Crippen LogP contribution in [-0.2, 0) is 33.2 Å². The molecule has 574 valence electrons. The highest BCUT2D eigenvalue weighted by Gasteiger charge is 2.54. The molecule has 97 heavy (non-hydrogen) atoms. The van der Waals surface area contributed by atoms with E-state index in [0.717, 1.165) is 51.4 Å². The van der Waals surface area contributed by atoms with Gasteiger partial charge in [-0.25, -0.2) is 0 Å². The molecule has 3 aliphatic rings. The molecule has 12 N–H and O–H groups in total. The van der Waals surface area contributed by atoms with Gasteiger partial charge in [-0.3, -0.25) is 4.79 Å².